The smallest absolute Gasteiger partial charge is 0.229 e. The third kappa shape index (κ3) is 4.25. The van der Waals surface area contributed by atoms with Gasteiger partial charge in [0.1, 0.15) is 5.75 Å². The SMILES string of the molecule is COc1ccc(Cl)cc1N1CC(C(=O)Nc2ccc(-n3nc(C)cc3C)nc2)CC1=O. The topological polar surface area (TPSA) is 89.3 Å². The molecule has 31 heavy (non-hydrogen) atoms. The minimum Gasteiger partial charge on any atom is -0.495 e. The van der Waals surface area contributed by atoms with E-state index in [0.29, 0.717) is 28.0 Å². The summed E-state index contributed by atoms with van der Waals surface area (Å²) in [6.45, 7) is 4.12. The Hall–Kier alpha value is -3.39. The van der Waals surface area contributed by atoms with Crippen LogP contribution in [0.15, 0.2) is 42.6 Å². The van der Waals surface area contributed by atoms with Gasteiger partial charge in [-0.15, -0.1) is 0 Å². The summed E-state index contributed by atoms with van der Waals surface area (Å²) in [5.41, 5.74) is 3.00. The van der Waals surface area contributed by atoms with Crippen LogP contribution in [0.3, 0.4) is 0 Å². The van der Waals surface area contributed by atoms with Crippen molar-refractivity contribution in [2.75, 3.05) is 23.9 Å². The molecule has 0 spiro atoms. The molecule has 1 aliphatic heterocycles. The van der Waals surface area contributed by atoms with E-state index in [-0.39, 0.29) is 24.8 Å². The van der Waals surface area contributed by atoms with Crippen molar-refractivity contribution in [3.05, 3.63) is 59.0 Å². The number of carbonyl (C=O) groups is 2. The van der Waals surface area contributed by atoms with E-state index < -0.39 is 5.92 Å². The van der Waals surface area contributed by atoms with Crippen molar-refractivity contribution >= 4 is 34.8 Å². The van der Waals surface area contributed by atoms with E-state index in [1.807, 2.05) is 19.9 Å². The predicted octanol–water partition coefficient (Wildman–Crippen LogP) is 3.54. The molecule has 4 rings (SSSR count). The zero-order valence-electron chi connectivity index (χ0n) is 17.4. The molecule has 1 unspecified atom stereocenters. The Morgan fingerprint density at radius 2 is 2.03 bits per heavy atom. The number of halogens is 1. The van der Waals surface area contributed by atoms with Gasteiger partial charge in [0, 0.05) is 23.7 Å². The van der Waals surface area contributed by atoms with Crippen LogP contribution in [0.4, 0.5) is 11.4 Å². The molecule has 1 atom stereocenters. The number of hydrogen-bond donors (Lipinski definition) is 1. The molecule has 0 saturated carbocycles. The molecule has 1 aromatic carbocycles. The standard InChI is InChI=1S/C22H22ClN5O3/c1-13-8-14(2)28(26-13)20-7-5-17(11-24-20)25-22(30)15-9-21(29)27(12-15)18-10-16(23)4-6-19(18)31-3/h4-8,10-11,15H,9,12H2,1-3H3,(H,25,30). The van der Waals surface area contributed by atoms with Crippen LogP contribution < -0.4 is 15.0 Å². The second-order valence-electron chi connectivity index (χ2n) is 7.45. The zero-order chi connectivity index (χ0) is 22.1. The van der Waals surface area contributed by atoms with E-state index in [2.05, 4.69) is 15.4 Å². The van der Waals surface area contributed by atoms with Gasteiger partial charge in [-0.3, -0.25) is 9.59 Å². The van der Waals surface area contributed by atoms with Gasteiger partial charge in [-0.2, -0.15) is 5.10 Å². The summed E-state index contributed by atoms with van der Waals surface area (Å²) in [4.78, 5) is 31.3. The summed E-state index contributed by atoms with van der Waals surface area (Å²) in [6.07, 6.45) is 1.69. The Kier molecular flexibility index (Phi) is 5.65. The average Bonchev–Trinajstić information content (AvgIpc) is 3.30. The Balaban J connectivity index is 1.45. The molecular formula is C22H22ClN5O3. The highest BCUT2D eigenvalue weighted by Crippen LogP contribution is 2.35. The molecule has 2 aromatic heterocycles. The van der Waals surface area contributed by atoms with E-state index in [9.17, 15) is 9.59 Å². The van der Waals surface area contributed by atoms with E-state index in [4.69, 9.17) is 16.3 Å². The van der Waals surface area contributed by atoms with Gasteiger partial charge in [0.05, 0.1) is 36.3 Å². The third-order valence-corrected chi connectivity index (χ3v) is 5.40. The average molecular weight is 440 g/mol. The fraction of sp³-hybridized carbons (Fsp3) is 0.273. The molecule has 3 heterocycles. The van der Waals surface area contributed by atoms with E-state index in [0.717, 1.165) is 11.4 Å². The number of hydrogen-bond acceptors (Lipinski definition) is 5. The quantitative estimate of drug-likeness (QED) is 0.656. The van der Waals surface area contributed by atoms with Crippen molar-refractivity contribution < 1.29 is 14.3 Å². The van der Waals surface area contributed by atoms with Gasteiger partial charge in [0.2, 0.25) is 11.8 Å². The maximum Gasteiger partial charge on any atom is 0.229 e. The van der Waals surface area contributed by atoms with Gasteiger partial charge in [0.15, 0.2) is 5.82 Å². The highest BCUT2D eigenvalue weighted by Gasteiger charge is 2.36. The van der Waals surface area contributed by atoms with Crippen molar-refractivity contribution in [2.45, 2.75) is 20.3 Å². The number of carbonyl (C=O) groups excluding carboxylic acids is 2. The lowest BCUT2D eigenvalue weighted by atomic mass is 10.1. The number of aryl methyl sites for hydroxylation is 2. The molecule has 1 fully saturated rings. The largest absolute Gasteiger partial charge is 0.495 e. The molecule has 1 aliphatic rings. The fourth-order valence-electron chi connectivity index (χ4n) is 3.68. The van der Waals surface area contributed by atoms with Crippen LogP contribution in [-0.2, 0) is 9.59 Å². The highest BCUT2D eigenvalue weighted by molar-refractivity contribution is 6.31. The third-order valence-electron chi connectivity index (χ3n) is 5.17. The maximum atomic E-state index is 12.8. The minimum absolute atomic E-state index is 0.110. The molecule has 0 aliphatic carbocycles. The number of nitrogens with zero attached hydrogens (tertiary/aromatic N) is 4. The lowest BCUT2D eigenvalue weighted by Crippen LogP contribution is -2.28. The van der Waals surface area contributed by atoms with E-state index >= 15 is 0 Å². The summed E-state index contributed by atoms with van der Waals surface area (Å²) in [6, 6.07) is 10.6. The summed E-state index contributed by atoms with van der Waals surface area (Å²) in [5, 5.41) is 7.74. The van der Waals surface area contributed by atoms with Crippen molar-refractivity contribution in [1.82, 2.24) is 14.8 Å². The van der Waals surface area contributed by atoms with Crippen LogP contribution in [0, 0.1) is 19.8 Å². The number of rotatable bonds is 5. The lowest BCUT2D eigenvalue weighted by molar-refractivity contribution is -0.122. The predicted molar refractivity (Wildman–Crippen MR) is 118 cm³/mol. The van der Waals surface area contributed by atoms with Gasteiger partial charge in [-0.1, -0.05) is 11.6 Å². The number of benzene rings is 1. The number of amides is 2. The van der Waals surface area contributed by atoms with Crippen LogP contribution >= 0.6 is 11.6 Å². The molecule has 2 amide bonds. The normalized spacial score (nSPS) is 15.9. The Morgan fingerprint density at radius 3 is 2.68 bits per heavy atom. The molecule has 0 radical (unpaired) electrons. The second-order valence-corrected chi connectivity index (χ2v) is 7.89. The summed E-state index contributed by atoms with van der Waals surface area (Å²) in [5.74, 6) is 0.310. The van der Waals surface area contributed by atoms with Crippen molar-refractivity contribution in [1.29, 1.82) is 0 Å². The first-order valence-electron chi connectivity index (χ1n) is 9.80. The van der Waals surface area contributed by atoms with Crippen molar-refractivity contribution in [3.63, 3.8) is 0 Å². The van der Waals surface area contributed by atoms with Crippen molar-refractivity contribution in [3.8, 4) is 11.6 Å². The summed E-state index contributed by atoms with van der Waals surface area (Å²) >= 11 is 6.09. The van der Waals surface area contributed by atoms with Crippen LogP contribution in [0.1, 0.15) is 17.8 Å². The molecule has 1 saturated heterocycles. The van der Waals surface area contributed by atoms with Crippen LogP contribution in [0.5, 0.6) is 5.75 Å². The highest BCUT2D eigenvalue weighted by atomic mass is 35.5. The fourth-order valence-corrected chi connectivity index (χ4v) is 3.85. The maximum absolute atomic E-state index is 12.8. The number of nitrogens with one attached hydrogen (secondary N) is 1. The Labute approximate surface area is 184 Å². The van der Waals surface area contributed by atoms with Gasteiger partial charge in [-0.25, -0.2) is 9.67 Å². The van der Waals surface area contributed by atoms with E-state index in [1.165, 1.54) is 7.11 Å². The Morgan fingerprint density at radius 1 is 1.23 bits per heavy atom. The first-order valence-corrected chi connectivity index (χ1v) is 10.2. The van der Waals surface area contributed by atoms with Gasteiger partial charge in [0.25, 0.3) is 0 Å². The van der Waals surface area contributed by atoms with E-state index in [1.54, 1.807) is 46.1 Å². The van der Waals surface area contributed by atoms with Crippen LogP contribution in [-0.4, -0.2) is 40.2 Å². The molecule has 3 aromatic rings. The summed E-state index contributed by atoms with van der Waals surface area (Å²) < 4.78 is 7.08. The van der Waals surface area contributed by atoms with Gasteiger partial charge < -0.3 is 15.0 Å². The molecule has 160 valence electrons. The number of anilines is 2. The zero-order valence-corrected chi connectivity index (χ0v) is 18.2. The van der Waals surface area contributed by atoms with Gasteiger partial charge in [-0.05, 0) is 50.2 Å². The lowest BCUT2D eigenvalue weighted by Gasteiger charge is -2.19. The molecular weight excluding hydrogens is 418 g/mol. The molecule has 0 bridgehead atoms. The summed E-state index contributed by atoms with van der Waals surface area (Å²) in [7, 11) is 1.53. The second kappa shape index (κ2) is 8.39. The number of aromatic nitrogens is 3. The number of methoxy groups -OCH3 is 1. The number of ether oxygens (including phenoxy) is 1. The van der Waals surface area contributed by atoms with Gasteiger partial charge >= 0.3 is 0 Å². The molecule has 1 N–H and O–H groups in total. The number of pyridine rings is 1. The van der Waals surface area contributed by atoms with Crippen LogP contribution in [0.2, 0.25) is 5.02 Å². The Bertz CT molecular complexity index is 1140. The first-order chi connectivity index (χ1) is 14.9. The van der Waals surface area contributed by atoms with Crippen LogP contribution in [0.25, 0.3) is 5.82 Å². The van der Waals surface area contributed by atoms with Crippen molar-refractivity contribution in [2.24, 2.45) is 5.92 Å². The minimum atomic E-state index is -0.494. The molecule has 8 nitrogen and oxygen atoms in total. The first kappa shape index (κ1) is 20.9. The molecule has 9 heteroatoms. The monoisotopic (exact) mass is 439 g/mol.